The van der Waals surface area contributed by atoms with Crippen LogP contribution in [0, 0.1) is 0 Å². The number of carbonyl (C=O) groups excluding carboxylic acids is 1. The number of aryl methyl sites for hydroxylation is 1. The highest BCUT2D eigenvalue weighted by Crippen LogP contribution is 2.19. The molecule has 0 fully saturated rings. The molecule has 16 heavy (non-hydrogen) atoms. The maximum absolute atomic E-state index is 10.8. The van der Waals surface area contributed by atoms with Gasteiger partial charge in [0.05, 0.1) is 0 Å². The summed E-state index contributed by atoms with van der Waals surface area (Å²) >= 11 is 0. The molecule has 0 aliphatic rings. The predicted molar refractivity (Wildman–Crippen MR) is 67.3 cm³/mol. The first-order valence-electron chi connectivity index (χ1n) is 6.00. The van der Waals surface area contributed by atoms with Crippen molar-refractivity contribution in [1.82, 2.24) is 0 Å². The Balaban J connectivity index is 2.59. The van der Waals surface area contributed by atoms with Crippen LogP contribution in [-0.4, -0.2) is 5.91 Å². The molecule has 1 aromatic rings. The summed E-state index contributed by atoms with van der Waals surface area (Å²) < 4.78 is 0. The molecule has 0 aliphatic carbocycles. The van der Waals surface area contributed by atoms with Crippen molar-refractivity contribution >= 4 is 5.91 Å². The molecule has 0 saturated heterocycles. The number of hydrogen-bond donors (Lipinski definition) is 1. The molecule has 0 saturated carbocycles. The lowest BCUT2D eigenvalue weighted by Crippen LogP contribution is -2.13. The number of unbranched alkanes of at least 4 members (excludes halogenated alkanes) is 1. The van der Waals surface area contributed by atoms with Crippen molar-refractivity contribution in [2.75, 3.05) is 0 Å². The Morgan fingerprint density at radius 1 is 1.31 bits per heavy atom. The Kier molecular flexibility index (Phi) is 5.03. The minimum absolute atomic E-state index is 0.220. The Bertz CT molecular complexity index is 329. The van der Waals surface area contributed by atoms with E-state index in [1.54, 1.807) is 0 Å². The molecule has 1 amide bonds. The molecule has 2 N–H and O–H groups in total. The topological polar surface area (TPSA) is 43.1 Å². The molecular formula is C14H21NO. The summed E-state index contributed by atoms with van der Waals surface area (Å²) in [6, 6.07) is 8.53. The Labute approximate surface area is 97.9 Å². The van der Waals surface area contributed by atoms with Crippen LogP contribution < -0.4 is 5.73 Å². The number of benzene rings is 1. The quantitative estimate of drug-likeness (QED) is 0.785. The third kappa shape index (κ3) is 4.05. The van der Waals surface area contributed by atoms with Crippen LogP contribution in [0.5, 0.6) is 0 Å². The molecule has 1 rings (SSSR count). The summed E-state index contributed by atoms with van der Waals surface area (Å²) in [6.07, 6.45) is 4.02. The van der Waals surface area contributed by atoms with Crippen LogP contribution in [0.15, 0.2) is 24.3 Å². The smallest absolute Gasteiger partial charge is 0.218 e. The van der Waals surface area contributed by atoms with Gasteiger partial charge in [-0.3, -0.25) is 4.79 Å². The van der Waals surface area contributed by atoms with E-state index in [0.29, 0.717) is 6.42 Å². The van der Waals surface area contributed by atoms with E-state index < -0.39 is 0 Å². The second kappa shape index (κ2) is 6.31. The molecule has 0 spiro atoms. The lowest BCUT2D eigenvalue weighted by atomic mass is 9.96. The number of hydrogen-bond acceptors (Lipinski definition) is 1. The average Bonchev–Trinajstić information content (AvgIpc) is 2.26. The zero-order chi connectivity index (χ0) is 12.0. The van der Waals surface area contributed by atoms with Crippen molar-refractivity contribution in [1.29, 1.82) is 0 Å². The van der Waals surface area contributed by atoms with Gasteiger partial charge in [0.15, 0.2) is 0 Å². The molecule has 1 atom stereocenters. The van der Waals surface area contributed by atoms with Gasteiger partial charge in [0.1, 0.15) is 0 Å². The van der Waals surface area contributed by atoms with E-state index in [1.165, 1.54) is 24.0 Å². The highest BCUT2D eigenvalue weighted by molar-refractivity contribution is 5.74. The van der Waals surface area contributed by atoms with E-state index in [1.807, 2.05) is 6.92 Å². The molecule has 0 heterocycles. The van der Waals surface area contributed by atoms with Crippen LogP contribution in [0.2, 0.25) is 0 Å². The fourth-order valence-corrected chi connectivity index (χ4v) is 1.81. The van der Waals surface area contributed by atoms with Gasteiger partial charge < -0.3 is 5.73 Å². The van der Waals surface area contributed by atoms with Gasteiger partial charge in [0.2, 0.25) is 5.91 Å². The second-order valence-electron chi connectivity index (χ2n) is 4.42. The lowest BCUT2D eigenvalue weighted by Gasteiger charge is -2.10. The normalized spacial score (nSPS) is 12.4. The molecule has 2 nitrogen and oxygen atoms in total. The standard InChI is InChI=1S/C14H21NO/c1-3-4-5-12-6-8-13(9-7-12)11(2)10-14(15)16/h6-9,11H,3-5,10H2,1-2H3,(H2,15,16). The number of nitrogens with two attached hydrogens (primary N) is 1. The third-order valence-corrected chi connectivity index (χ3v) is 2.88. The van der Waals surface area contributed by atoms with Gasteiger partial charge in [0.25, 0.3) is 0 Å². The van der Waals surface area contributed by atoms with E-state index in [9.17, 15) is 4.79 Å². The van der Waals surface area contributed by atoms with Crippen LogP contribution in [0.4, 0.5) is 0 Å². The minimum atomic E-state index is -0.234. The van der Waals surface area contributed by atoms with Gasteiger partial charge in [0, 0.05) is 6.42 Å². The Morgan fingerprint density at radius 3 is 2.44 bits per heavy atom. The highest BCUT2D eigenvalue weighted by atomic mass is 16.1. The van der Waals surface area contributed by atoms with Gasteiger partial charge in [-0.15, -0.1) is 0 Å². The summed E-state index contributed by atoms with van der Waals surface area (Å²) in [5, 5.41) is 0. The van der Waals surface area contributed by atoms with Crippen LogP contribution in [-0.2, 0) is 11.2 Å². The molecule has 2 heteroatoms. The molecule has 0 aromatic heterocycles. The summed E-state index contributed by atoms with van der Waals surface area (Å²) in [5.41, 5.74) is 7.75. The first-order valence-corrected chi connectivity index (χ1v) is 6.00. The average molecular weight is 219 g/mol. The third-order valence-electron chi connectivity index (χ3n) is 2.88. The summed E-state index contributed by atoms with van der Waals surface area (Å²) in [6.45, 7) is 4.23. The maximum atomic E-state index is 10.8. The fourth-order valence-electron chi connectivity index (χ4n) is 1.81. The maximum Gasteiger partial charge on any atom is 0.218 e. The molecule has 0 bridgehead atoms. The van der Waals surface area contributed by atoms with Gasteiger partial charge in [-0.05, 0) is 29.9 Å². The fraction of sp³-hybridized carbons (Fsp3) is 0.500. The first kappa shape index (κ1) is 12.8. The van der Waals surface area contributed by atoms with E-state index in [0.717, 1.165) is 6.42 Å². The van der Waals surface area contributed by atoms with Crippen LogP contribution in [0.3, 0.4) is 0 Å². The van der Waals surface area contributed by atoms with Crippen molar-refractivity contribution < 1.29 is 4.79 Å². The number of primary amides is 1. The van der Waals surface area contributed by atoms with Gasteiger partial charge in [-0.2, -0.15) is 0 Å². The summed E-state index contributed by atoms with van der Waals surface area (Å²) in [7, 11) is 0. The molecule has 1 unspecified atom stereocenters. The highest BCUT2D eigenvalue weighted by Gasteiger charge is 2.08. The summed E-state index contributed by atoms with van der Waals surface area (Å²) in [5.74, 6) is -0.0136. The van der Waals surface area contributed by atoms with Crippen molar-refractivity contribution in [3.63, 3.8) is 0 Å². The first-order chi connectivity index (χ1) is 7.63. The number of amides is 1. The van der Waals surface area contributed by atoms with Crippen molar-refractivity contribution in [3.05, 3.63) is 35.4 Å². The van der Waals surface area contributed by atoms with Crippen molar-refractivity contribution in [2.24, 2.45) is 5.73 Å². The number of rotatable bonds is 6. The lowest BCUT2D eigenvalue weighted by molar-refractivity contribution is -0.118. The van der Waals surface area contributed by atoms with E-state index in [2.05, 4.69) is 31.2 Å². The monoisotopic (exact) mass is 219 g/mol. The molecular weight excluding hydrogens is 198 g/mol. The van der Waals surface area contributed by atoms with Crippen LogP contribution >= 0.6 is 0 Å². The van der Waals surface area contributed by atoms with Gasteiger partial charge in [-0.1, -0.05) is 44.5 Å². The van der Waals surface area contributed by atoms with Gasteiger partial charge in [-0.25, -0.2) is 0 Å². The zero-order valence-electron chi connectivity index (χ0n) is 10.2. The molecule has 0 radical (unpaired) electrons. The van der Waals surface area contributed by atoms with E-state index >= 15 is 0 Å². The number of carbonyl (C=O) groups is 1. The van der Waals surface area contributed by atoms with Gasteiger partial charge >= 0.3 is 0 Å². The van der Waals surface area contributed by atoms with E-state index in [-0.39, 0.29) is 11.8 Å². The second-order valence-corrected chi connectivity index (χ2v) is 4.42. The molecule has 1 aromatic carbocycles. The molecule has 0 aliphatic heterocycles. The Hall–Kier alpha value is -1.31. The predicted octanol–water partition coefficient (Wildman–Crippen LogP) is 3.01. The minimum Gasteiger partial charge on any atom is -0.370 e. The molecule has 88 valence electrons. The van der Waals surface area contributed by atoms with Crippen molar-refractivity contribution in [3.8, 4) is 0 Å². The summed E-state index contributed by atoms with van der Waals surface area (Å²) in [4.78, 5) is 10.8. The van der Waals surface area contributed by atoms with Crippen LogP contribution in [0.25, 0.3) is 0 Å². The SMILES string of the molecule is CCCCc1ccc(C(C)CC(N)=O)cc1. The largest absolute Gasteiger partial charge is 0.370 e. The zero-order valence-corrected chi connectivity index (χ0v) is 10.2. The Morgan fingerprint density at radius 2 is 1.94 bits per heavy atom. The van der Waals surface area contributed by atoms with E-state index in [4.69, 9.17) is 5.73 Å². The van der Waals surface area contributed by atoms with Crippen molar-refractivity contribution in [2.45, 2.75) is 45.4 Å². The van der Waals surface area contributed by atoms with Crippen LogP contribution in [0.1, 0.15) is 50.2 Å².